The van der Waals surface area contributed by atoms with Crippen LogP contribution < -0.4 is 5.32 Å². The van der Waals surface area contributed by atoms with Crippen molar-refractivity contribution in [3.63, 3.8) is 0 Å². The smallest absolute Gasteiger partial charge is 0.407 e. The van der Waals surface area contributed by atoms with Crippen molar-refractivity contribution in [3.8, 4) is 0 Å². The van der Waals surface area contributed by atoms with E-state index >= 15 is 0 Å². The van der Waals surface area contributed by atoms with Crippen molar-refractivity contribution in [2.45, 2.75) is 52.1 Å². The van der Waals surface area contributed by atoms with Crippen molar-refractivity contribution < 1.29 is 9.53 Å². The minimum absolute atomic E-state index is 0.295. The molecular formula is C13H25NO2S. The maximum atomic E-state index is 11.4. The number of thioether (sulfide) groups is 1. The van der Waals surface area contributed by atoms with E-state index in [0.29, 0.717) is 0 Å². The maximum absolute atomic E-state index is 11.4. The number of nitrogens with one attached hydrogen (secondary N) is 1. The van der Waals surface area contributed by atoms with Crippen molar-refractivity contribution in [2.75, 3.05) is 18.1 Å². The number of alkyl carbamates (subject to hydrolysis) is 1. The molecule has 0 aromatic rings. The molecule has 1 saturated heterocycles. The Balaban J connectivity index is 2.01. The van der Waals surface area contributed by atoms with Crippen LogP contribution in [-0.2, 0) is 4.74 Å². The van der Waals surface area contributed by atoms with Crippen LogP contribution in [0.3, 0.4) is 0 Å². The molecule has 3 nitrogen and oxygen atoms in total. The predicted octanol–water partition coefficient (Wildman–Crippen LogP) is 3.43. The van der Waals surface area contributed by atoms with Gasteiger partial charge in [0.25, 0.3) is 0 Å². The molecule has 1 aliphatic heterocycles. The van der Waals surface area contributed by atoms with E-state index in [2.05, 4.69) is 17.1 Å². The van der Waals surface area contributed by atoms with E-state index in [1.807, 2.05) is 20.8 Å². The molecule has 4 heteroatoms. The van der Waals surface area contributed by atoms with Crippen LogP contribution in [0.2, 0.25) is 0 Å². The standard InChI is InChI=1S/C13H25NO2S/c1-13(2,3)16-12(15)14-8-4-5-11-6-9-17-10-7-11/h11H,4-10H2,1-3H3,(H,14,15). The van der Waals surface area contributed by atoms with E-state index in [1.54, 1.807) is 0 Å². The zero-order valence-corrected chi connectivity index (χ0v) is 12.1. The number of carbonyl (C=O) groups excluding carboxylic acids is 1. The summed E-state index contributed by atoms with van der Waals surface area (Å²) in [6, 6.07) is 0. The number of rotatable bonds is 4. The van der Waals surface area contributed by atoms with Gasteiger partial charge in [0.2, 0.25) is 0 Å². The van der Waals surface area contributed by atoms with Crippen LogP contribution >= 0.6 is 11.8 Å². The van der Waals surface area contributed by atoms with Crippen LogP contribution in [-0.4, -0.2) is 29.7 Å². The molecule has 0 unspecified atom stereocenters. The molecule has 0 aliphatic carbocycles. The highest BCUT2D eigenvalue weighted by Gasteiger charge is 2.16. The van der Waals surface area contributed by atoms with Crippen molar-refractivity contribution >= 4 is 17.9 Å². The third kappa shape index (κ3) is 7.53. The summed E-state index contributed by atoms with van der Waals surface area (Å²) in [6.07, 6.45) is 4.69. The Kier molecular flexibility index (Phi) is 6.17. The molecule has 0 aromatic heterocycles. The summed E-state index contributed by atoms with van der Waals surface area (Å²) in [5.41, 5.74) is -0.398. The van der Waals surface area contributed by atoms with E-state index in [-0.39, 0.29) is 6.09 Å². The van der Waals surface area contributed by atoms with Gasteiger partial charge in [-0.3, -0.25) is 0 Å². The lowest BCUT2D eigenvalue weighted by molar-refractivity contribution is 0.0526. The number of amides is 1. The van der Waals surface area contributed by atoms with Crippen LogP contribution in [0.15, 0.2) is 0 Å². The fourth-order valence-electron chi connectivity index (χ4n) is 1.93. The molecule has 1 aliphatic rings. The van der Waals surface area contributed by atoms with E-state index in [0.717, 1.165) is 18.9 Å². The highest BCUT2D eigenvalue weighted by Crippen LogP contribution is 2.25. The van der Waals surface area contributed by atoms with Gasteiger partial charge in [0.05, 0.1) is 0 Å². The number of hydrogen-bond acceptors (Lipinski definition) is 3. The lowest BCUT2D eigenvalue weighted by atomic mass is 9.97. The summed E-state index contributed by atoms with van der Waals surface area (Å²) in [6.45, 7) is 6.38. The van der Waals surface area contributed by atoms with Gasteiger partial charge in [0.1, 0.15) is 5.60 Å². The second kappa shape index (κ2) is 7.14. The second-order valence-electron chi connectivity index (χ2n) is 5.63. The molecule has 1 N–H and O–H groups in total. The van der Waals surface area contributed by atoms with E-state index in [9.17, 15) is 4.79 Å². The summed E-state index contributed by atoms with van der Waals surface area (Å²) in [7, 11) is 0. The van der Waals surface area contributed by atoms with Gasteiger partial charge in [-0.2, -0.15) is 11.8 Å². The van der Waals surface area contributed by atoms with Gasteiger partial charge in [0, 0.05) is 6.54 Å². The van der Waals surface area contributed by atoms with Crippen LogP contribution in [0, 0.1) is 5.92 Å². The van der Waals surface area contributed by atoms with Gasteiger partial charge in [-0.25, -0.2) is 4.79 Å². The fraction of sp³-hybridized carbons (Fsp3) is 0.923. The molecule has 1 rings (SSSR count). The Morgan fingerprint density at radius 1 is 1.35 bits per heavy atom. The average molecular weight is 259 g/mol. The van der Waals surface area contributed by atoms with Gasteiger partial charge in [0.15, 0.2) is 0 Å². The number of ether oxygens (including phenoxy) is 1. The SMILES string of the molecule is CC(C)(C)OC(=O)NCCCC1CCSCC1. The van der Waals surface area contributed by atoms with Crippen molar-refractivity contribution in [1.29, 1.82) is 0 Å². The molecule has 0 bridgehead atoms. The summed E-state index contributed by atoms with van der Waals surface area (Å²) in [4.78, 5) is 11.4. The number of carbonyl (C=O) groups is 1. The third-order valence-corrected chi connectivity index (χ3v) is 3.85. The van der Waals surface area contributed by atoms with Crippen LogP contribution in [0.5, 0.6) is 0 Å². The maximum Gasteiger partial charge on any atom is 0.407 e. The first-order valence-electron chi connectivity index (χ1n) is 6.52. The second-order valence-corrected chi connectivity index (χ2v) is 6.85. The fourth-order valence-corrected chi connectivity index (χ4v) is 3.13. The van der Waals surface area contributed by atoms with E-state index in [4.69, 9.17) is 4.74 Å². The first-order chi connectivity index (χ1) is 7.97. The van der Waals surface area contributed by atoms with E-state index in [1.165, 1.54) is 30.8 Å². The summed E-state index contributed by atoms with van der Waals surface area (Å²) in [5, 5.41) is 2.81. The number of hydrogen-bond donors (Lipinski definition) is 1. The molecule has 1 heterocycles. The Morgan fingerprint density at radius 2 is 2.00 bits per heavy atom. The van der Waals surface area contributed by atoms with Gasteiger partial charge in [-0.05, 0) is 63.9 Å². The first-order valence-corrected chi connectivity index (χ1v) is 7.67. The lowest BCUT2D eigenvalue weighted by Crippen LogP contribution is -2.33. The molecule has 1 fully saturated rings. The summed E-state index contributed by atoms with van der Waals surface area (Å²) < 4.78 is 5.18. The van der Waals surface area contributed by atoms with Crippen LogP contribution in [0.4, 0.5) is 4.79 Å². The summed E-state index contributed by atoms with van der Waals surface area (Å²) in [5.74, 6) is 3.49. The minimum Gasteiger partial charge on any atom is -0.444 e. The summed E-state index contributed by atoms with van der Waals surface area (Å²) >= 11 is 2.06. The van der Waals surface area contributed by atoms with E-state index < -0.39 is 5.60 Å². The monoisotopic (exact) mass is 259 g/mol. The Labute approximate surface area is 109 Å². The molecule has 0 spiro atoms. The van der Waals surface area contributed by atoms with Gasteiger partial charge in [-0.15, -0.1) is 0 Å². The van der Waals surface area contributed by atoms with Crippen LogP contribution in [0.1, 0.15) is 46.5 Å². The van der Waals surface area contributed by atoms with Crippen molar-refractivity contribution in [3.05, 3.63) is 0 Å². The molecule has 0 saturated carbocycles. The van der Waals surface area contributed by atoms with Gasteiger partial charge < -0.3 is 10.1 Å². The van der Waals surface area contributed by atoms with Crippen molar-refractivity contribution in [2.24, 2.45) is 5.92 Å². The van der Waals surface area contributed by atoms with Gasteiger partial charge in [-0.1, -0.05) is 0 Å². The molecule has 0 atom stereocenters. The third-order valence-electron chi connectivity index (χ3n) is 2.80. The molecule has 0 radical (unpaired) electrons. The molecule has 0 aromatic carbocycles. The highest BCUT2D eigenvalue weighted by atomic mass is 32.2. The normalized spacial score (nSPS) is 17.8. The van der Waals surface area contributed by atoms with Crippen molar-refractivity contribution in [1.82, 2.24) is 5.32 Å². The predicted molar refractivity (Wildman–Crippen MR) is 73.5 cm³/mol. The Morgan fingerprint density at radius 3 is 2.59 bits per heavy atom. The topological polar surface area (TPSA) is 38.3 Å². The zero-order valence-electron chi connectivity index (χ0n) is 11.3. The zero-order chi connectivity index (χ0) is 12.7. The molecule has 17 heavy (non-hydrogen) atoms. The molecular weight excluding hydrogens is 234 g/mol. The molecule has 1 amide bonds. The lowest BCUT2D eigenvalue weighted by Gasteiger charge is -2.22. The quantitative estimate of drug-likeness (QED) is 0.786. The minimum atomic E-state index is -0.398. The molecule has 100 valence electrons. The first kappa shape index (κ1) is 14.7. The average Bonchev–Trinajstić information content (AvgIpc) is 2.23. The Bertz CT molecular complexity index is 232. The van der Waals surface area contributed by atoms with Crippen LogP contribution in [0.25, 0.3) is 0 Å². The highest BCUT2D eigenvalue weighted by molar-refractivity contribution is 7.99. The Hall–Kier alpha value is -0.380. The largest absolute Gasteiger partial charge is 0.444 e. The van der Waals surface area contributed by atoms with Gasteiger partial charge >= 0.3 is 6.09 Å².